The van der Waals surface area contributed by atoms with Crippen molar-refractivity contribution in [3.63, 3.8) is 0 Å². The van der Waals surface area contributed by atoms with E-state index in [9.17, 15) is 18.0 Å². The monoisotopic (exact) mass is 285 g/mol. The molecule has 1 N–H and O–H groups in total. The third-order valence-electron chi connectivity index (χ3n) is 2.78. The first-order chi connectivity index (χ1) is 9.30. The smallest absolute Gasteiger partial charge is 0.418 e. The van der Waals surface area contributed by atoms with Crippen LogP contribution in [0.5, 0.6) is 0 Å². The summed E-state index contributed by atoms with van der Waals surface area (Å²) >= 11 is 0. The molecule has 0 radical (unpaired) electrons. The molecule has 0 saturated heterocycles. The van der Waals surface area contributed by atoms with Gasteiger partial charge in [0, 0.05) is 0 Å². The number of para-hydroxylation sites is 1. The molecule has 0 saturated carbocycles. The zero-order valence-corrected chi connectivity index (χ0v) is 10.3. The molecular formula is C12H10F3N3O2. The number of benzene rings is 1. The lowest BCUT2D eigenvalue weighted by atomic mass is 10.1. The Bertz CT molecular complexity index is 637. The van der Waals surface area contributed by atoms with Gasteiger partial charge in [0.25, 0.3) is 0 Å². The molecule has 0 spiro atoms. The summed E-state index contributed by atoms with van der Waals surface area (Å²) in [6.45, 7) is 1.38. The molecule has 1 aromatic heterocycles. The maximum atomic E-state index is 12.9. The highest BCUT2D eigenvalue weighted by Crippen LogP contribution is 2.33. The minimum absolute atomic E-state index is 0.0921. The second kappa shape index (κ2) is 4.95. The number of aromatic nitrogens is 3. The fourth-order valence-electron chi connectivity index (χ4n) is 1.63. The van der Waals surface area contributed by atoms with E-state index in [0.717, 1.165) is 10.7 Å². The first-order valence-electron chi connectivity index (χ1n) is 5.62. The van der Waals surface area contributed by atoms with Crippen LogP contribution in [0, 0.1) is 0 Å². The molecule has 1 heterocycles. The lowest BCUT2D eigenvalue weighted by Gasteiger charge is -2.11. The van der Waals surface area contributed by atoms with Crippen molar-refractivity contribution in [3.05, 3.63) is 41.7 Å². The lowest BCUT2D eigenvalue weighted by Crippen LogP contribution is -2.11. The second-order valence-electron chi connectivity index (χ2n) is 4.16. The van der Waals surface area contributed by atoms with Crippen molar-refractivity contribution in [1.82, 2.24) is 15.0 Å². The number of carbonyl (C=O) groups is 1. The maximum Gasteiger partial charge on any atom is 0.418 e. The number of rotatable bonds is 3. The van der Waals surface area contributed by atoms with Crippen LogP contribution < -0.4 is 0 Å². The predicted molar refractivity (Wildman–Crippen MR) is 62.4 cm³/mol. The molecule has 0 aliphatic heterocycles. The van der Waals surface area contributed by atoms with Crippen molar-refractivity contribution in [2.75, 3.05) is 0 Å². The Hall–Kier alpha value is -2.38. The van der Waals surface area contributed by atoms with Gasteiger partial charge < -0.3 is 5.11 Å². The van der Waals surface area contributed by atoms with E-state index in [1.807, 2.05) is 0 Å². The molecule has 2 aromatic rings. The van der Waals surface area contributed by atoms with Crippen LogP contribution in [0.4, 0.5) is 13.2 Å². The molecule has 1 atom stereocenters. The standard InChI is InChI=1S/C12H10F3N3O2/c1-7(11(19)20)9-6-18(17-16-9)10-5-3-2-4-8(10)12(13,14)15/h2-7H,1H3,(H,19,20). The fourth-order valence-corrected chi connectivity index (χ4v) is 1.63. The van der Waals surface area contributed by atoms with Gasteiger partial charge in [-0.25, -0.2) is 4.68 Å². The number of aliphatic carboxylic acids is 1. The van der Waals surface area contributed by atoms with Crippen LogP contribution in [0.2, 0.25) is 0 Å². The number of carboxylic acids is 1. The summed E-state index contributed by atoms with van der Waals surface area (Å²) in [4.78, 5) is 10.8. The Morgan fingerprint density at radius 2 is 2.00 bits per heavy atom. The van der Waals surface area contributed by atoms with Gasteiger partial charge in [0.05, 0.1) is 29.1 Å². The minimum Gasteiger partial charge on any atom is -0.481 e. The highest BCUT2D eigenvalue weighted by Gasteiger charge is 2.34. The Morgan fingerprint density at radius 3 is 2.60 bits per heavy atom. The van der Waals surface area contributed by atoms with Crippen LogP contribution in [-0.4, -0.2) is 26.1 Å². The number of nitrogens with zero attached hydrogens (tertiary/aromatic N) is 3. The van der Waals surface area contributed by atoms with E-state index in [2.05, 4.69) is 10.3 Å². The summed E-state index contributed by atoms with van der Waals surface area (Å²) < 4.78 is 39.5. The predicted octanol–water partition coefficient (Wildman–Crippen LogP) is 2.47. The van der Waals surface area contributed by atoms with E-state index in [0.29, 0.717) is 0 Å². The lowest BCUT2D eigenvalue weighted by molar-refractivity contribution is -0.139. The van der Waals surface area contributed by atoms with Crippen molar-refractivity contribution in [2.45, 2.75) is 19.0 Å². The highest BCUT2D eigenvalue weighted by atomic mass is 19.4. The summed E-state index contributed by atoms with van der Waals surface area (Å²) in [6, 6.07) is 4.88. The number of halogens is 3. The number of hydrogen-bond acceptors (Lipinski definition) is 3. The molecule has 106 valence electrons. The van der Waals surface area contributed by atoms with Crippen molar-refractivity contribution in [1.29, 1.82) is 0 Å². The number of alkyl halides is 3. The van der Waals surface area contributed by atoms with Crippen LogP contribution in [0.15, 0.2) is 30.5 Å². The van der Waals surface area contributed by atoms with Crippen LogP contribution in [0.1, 0.15) is 24.1 Å². The molecular weight excluding hydrogens is 275 g/mol. The van der Waals surface area contributed by atoms with Gasteiger partial charge in [-0.15, -0.1) is 5.10 Å². The molecule has 0 bridgehead atoms. The minimum atomic E-state index is -4.53. The average molecular weight is 285 g/mol. The van der Waals surface area contributed by atoms with Gasteiger partial charge in [0.2, 0.25) is 0 Å². The molecule has 0 amide bonds. The van der Waals surface area contributed by atoms with E-state index >= 15 is 0 Å². The SMILES string of the molecule is CC(C(=O)O)c1cn(-c2ccccc2C(F)(F)F)nn1. The normalized spacial score (nSPS) is 13.2. The van der Waals surface area contributed by atoms with Gasteiger partial charge in [-0.1, -0.05) is 17.3 Å². The average Bonchev–Trinajstić information content (AvgIpc) is 2.86. The van der Waals surface area contributed by atoms with Crippen LogP contribution in [0.25, 0.3) is 5.69 Å². The van der Waals surface area contributed by atoms with E-state index in [-0.39, 0.29) is 11.4 Å². The van der Waals surface area contributed by atoms with E-state index < -0.39 is 23.6 Å². The van der Waals surface area contributed by atoms with Crippen molar-refractivity contribution >= 4 is 5.97 Å². The summed E-state index contributed by atoms with van der Waals surface area (Å²) in [5.41, 5.74) is -0.967. The van der Waals surface area contributed by atoms with Gasteiger partial charge in [-0.05, 0) is 19.1 Å². The first kappa shape index (κ1) is 14.0. The Balaban J connectivity index is 2.46. The molecule has 0 fully saturated rings. The van der Waals surface area contributed by atoms with Crippen molar-refractivity contribution in [3.8, 4) is 5.69 Å². The van der Waals surface area contributed by atoms with Crippen molar-refractivity contribution < 1.29 is 23.1 Å². The quantitative estimate of drug-likeness (QED) is 0.940. The molecule has 20 heavy (non-hydrogen) atoms. The van der Waals surface area contributed by atoms with E-state index in [1.54, 1.807) is 0 Å². The summed E-state index contributed by atoms with van der Waals surface area (Å²) in [5, 5.41) is 16.0. The summed E-state index contributed by atoms with van der Waals surface area (Å²) in [7, 11) is 0. The zero-order valence-electron chi connectivity index (χ0n) is 10.3. The molecule has 0 aliphatic carbocycles. The molecule has 8 heteroatoms. The molecule has 0 aliphatic rings. The van der Waals surface area contributed by atoms with Crippen molar-refractivity contribution in [2.24, 2.45) is 0 Å². The van der Waals surface area contributed by atoms with E-state index in [4.69, 9.17) is 5.11 Å². The third kappa shape index (κ3) is 2.63. The van der Waals surface area contributed by atoms with Crippen LogP contribution in [0.3, 0.4) is 0 Å². The largest absolute Gasteiger partial charge is 0.481 e. The Morgan fingerprint density at radius 1 is 1.35 bits per heavy atom. The molecule has 5 nitrogen and oxygen atoms in total. The topological polar surface area (TPSA) is 68.0 Å². The van der Waals surface area contributed by atoms with Crippen LogP contribution in [-0.2, 0) is 11.0 Å². The van der Waals surface area contributed by atoms with Gasteiger partial charge >= 0.3 is 12.1 Å². The van der Waals surface area contributed by atoms with Gasteiger partial charge in [-0.3, -0.25) is 4.79 Å². The maximum absolute atomic E-state index is 12.9. The fraction of sp³-hybridized carbons (Fsp3) is 0.250. The van der Waals surface area contributed by atoms with E-state index in [1.165, 1.54) is 31.3 Å². The first-order valence-corrected chi connectivity index (χ1v) is 5.62. The molecule has 2 rings (SSSR count). The summed E-state index contributed by atoms with van der Waals surface area (Å²) in [5.74, 6) is -2.07. The number of hydrogen-bond donors (Lipinski definition) is 1. The summed E-state index contributed by atoms with van der Waals surface area (Å²) in [6.07, 6.45) is -3.34. The number of carboxylic acid groups (broad SMARTS) is 1. The molecule has 1 aromatic carbocycles. The molecule has 1 unspecified atom stereocenters. The third-order valence-corrected chi connectivity index (χ3v) is 2.78. The Labute approximate surface area is 111 Å². The second-order valence-corrected chi connectivity index (χ2v) is 4.16. The zero-order chi connectivity index (χ0) is 14.9. The van der Waals surface area contributed by atoms with Gasteiger partial charge in [0.15, 0.2) is 0 Å². The van der Waals surface area contributed by atoms with Crippen LogP contribution >= 0.6 is 0 Å². The Kier molecular flexibility index (Phi) is 3.47. The van der Waals surface area contributed by atoms with Gasteiger partial charge in [0.1, 0.15) is 0 Å². The van der Waals surface area contributed by atoms with Gasteiger partial charge in [-0.2, -0.15) is 13.2 Å². The highest BCUT2D eigenvalue weighted by molar-refractivity contribution is 5.74.